The molecule has 1 aliphatic carbocycles. The molecule has 3 aliphatic rings. The van der Waals surface area contributed by atoms with Crippen molar-refractivity contribution in [3.63, 3.8) is 0 Å². The fraction of sp³-hybridized carbons (Fsp3) is 0.0769. The van der Waals surface area contributed by atoms with Crippen LogP contribution in [0, 0.1) is 0 Å². The monoisotopic (exact) mass is 532 g/mol. The Bertz CT molecular complexity index is 2560. The van der Waals surface area contributed by atoms with Crippen molar-refractivity contribution in [1.29, 1.82) is 0 Å². The van der Waals surface area contributed by atoms with Gasteiger partial charge in [0, 0.05) is 49.4 Å². The highest BCUT2D eigenvalue weighted by molar-refractivity contribution is 7.00. The zero-order chi connectivity index (χ0) is 27.5. The number of hydrogen-bond donors (Lipinski definition) is 0. The van der Waals surface area contributed by atoms with Crippen LogP contribution in [0.4, 0.5) is 0 Å². The number of para-hydroxylation sites is 3. The smallest absolute Gasteiger partial charge is 0.252 e. The van der Waals surface area contributed by atoms with E-state index in [0.29, 0.717) is 0 Å². The first-order chi connectivity index (χ1) is 20.6. The van der Waals surface area contributed by atoms with Gasteiger partial charge in [0.1, 0.15) is 0 Å². The third kappa shape index (κ3) is 2.19. The van der Waals surface area contributed by atoms with Crippen LogP contribution in [0.2, 0.25) is 0 Å². The van der Waals surface area contributed by atoms with Crippen LogP contribution in [0.1, 0.15) is 25.0 Å². The Balaban J connectivity index is 1.43. The van der Waals surface area contributed by atoms with Crippen LogP contribution in [0.15, 0.2) is 115 Å². The summed E-state index contributed by atoms with van der Waals surface area (Å²) in [6.45, 7) is 4.95. The van der Waals surface area contributed by atoms with E-state index < -0.39 is 0 Å². The second-order valence-corrected chi connectivity index (χ2v) is 12.9. The van der Waals surface area contributed by atoms with Crippen LogP contribution in [-0.4, -0.2) is 15.8 Å². The molecule has 0 unspecified atom stereocenters. The average molecular weight is 532 g/mol. The lowest BCUT2D eigenvalue weighted by atomic mass is 9.34. The molecule has 0 saturated carbocycles. The first kappa shape index (κ1) is 21.7. The molecule has 42 heavy (non-hydrogen) atoms. The molecular formula is C39H25BN2. The third-order valence-electron chi connectivity index (χ3n) is 10.7. The molecule has 2 nitrogen and oxygen atoms in total. The maximum atomic E-state index is 2.63. The van der Waals surface area contributed by atoms with Gasteiger partial charge in [-0.05, 0) is 51.3 Å². The molecule has 8 aromatic rings. The van der Waals surface area contributed by atoms with E-state index in [0.717, 1.165) is 0 Å². The van der Waals surface area contributed by atoms with Gasteiger partial charge < -0.3 is 9.13 Å². The molecule has 0 atom stereocenters. The Morgan fingerprint density at radius 1 is 0.524 bits per heavy atom. The van der Waals surface area contributed by atoms with Crippen molar-refractivity contribution in [3.8, 4) is 22.5 Å². The minimum Gasteiger partial charge on any atom is -0.310 e. The van der Waals surface area contributed by atoms with E-state index in [2.05, 4.69) is 138 Å². The van der Waals surface area contributed by atoms with Gasteiger partial charge in [-0.3, -0.25) is 0 Å². The predicted molar refractivity (Wildman–Crippen MR) is 177 cm³/mol. The van der Waals surface area contributed by atoms with Gasteiger partial charge >= 0.3 is 0 Å². The molecule has 0 bridgehead atoms. The predicted octanol–water partition coefficient (Wildman–Crippen LogP) is 7.33. The Labute approximate surface area is 243 Å². The van der Waals surface area contributed by atoms with Crippen molar-refractivity contribution in [2.75, 3.05) is 0 Å². The minimum atomic E-state index is -0.0514. The van der Waals surface area contributed by atoms with E-state index in [1.807, 2.05) is 0 Å². The summed E-state index contributed by atoms with van der Waals surface area (Å²) >= 11 is 0. The lowest BCUT2D eigenvalue weighted by molar-refractivity contribution is 0.660. The van der Waals surface area contributed by atoms with Crippen LogP contribution in [-0.2, 0) is 5.41 Å². The second kappa shape index (κ2) is 6.88. The number of fused-ring (bicyclic) bond motifs is 15. The first-order valence-corrected chi connectivity index (χ1v) is 15.0. The van der Waals surface area contributed by atoms with E-state index in [9.17, 15) is 0 Å². The summed E-state index contributed by atoms with van der Waals surface area (Å²) in [5.74, 6) is 0. The van der Waals surface area contributed by atoms with Crippen molar-refractivity contribution in [1.82, 2.24) is 9.13 Å². The first-order valence-electron chi connectivity index (χ1n) is 15.0. The Hall–Kier alpha value is -5.02. The Kier molecular flexibility index (Phi) is 3.56. The largest absolute Gasteiger partial charge is 0.310 e. The standard InChI is InChI=1S/C39H25BN2/c1-39(2)27-14-6-3-12-26(27)34-28(39)19-20-30-38(34)42-32-17-8-5-11-23(32)25-18-21-33-35(37(25)42)40(30)29-15-9-13-24-22-10-4-7-16-31(22)41(33)36(24)29/h3-21H,1-2H3. The average Bonchev–Trinajstić information content (AvgIpc) is 3.63. The van der Waals surface area contributed by atoms with Gasteiger partial charge in [-0.15, -0.1) is 0 Å². The molecule has 0 fully saturated rings. The molecular weight excluding hydrogens is 507 g/mol. The summed E-state index contributed by atoms with van der Waals surface area (Å²) in [7, 11) is 0. The summed E-state index contributed by atoms with van der Waals surface area (Å²) in [4.78, 5) is 0. The number of benzene rings is 6. The van der Waals surface area contributed by atoms with Crippen molar-refractivity contribution in [2.45, 2.75) is 19.3 Å². The van der Waals surface area contributed by atoms with Crippen LogP contribution < -0.4 is 16.4 Å². The van der Waals surface area contributed by atoms with Crippen LogP contribution >= 0.6 is 0 Å². The normalized spacial score (nSPS) is 15.0. The van der Waals surface area contributed by atoms with Gasteiger partial charge in [0.15, 0.2) is 0 Å². The summed E-state index contributed by atoms with van der Waals surface area (Å²) in [6.07, 6.45) is 0. The molecule has 6 aromatic carbocycles. The lowest BCUT2D eigenvalue weighted by Crippen LogP contribution is -2.59. The molecule has 194 valence electrons. The van der Waals surface area contributed by atoms with Crippen LogP contribution in [0.25, 0.3) is 66.1 Å². The van der Waals surface area contributed by atoms with E-state index in [4.69, 9.17) is 0 Å². The van der Waals surface area contributed by atoms with Gasteiger partial charge in [0.2, 0.25) is 0 Å². The summed E-state index contributed by atoms with van der Waals surface area (Å²) in [6, 6.07) is 43.7. The van der Waals surface area contributed by atoms with Gasteiger partial charge in [0.25, 0.3) is 6.71 Å². The number of nitrogens with zero attached hydrogens (tertiary/aromatic N) is 2. The SMILES string of the molecule is CC1(C)c2ccccc2-c2c1ccc1c2-n2c3ccccc3c3ccc4c(c32)B1c1cccc2c3ccccc3n-4c12. The maximum absolute atomic E-state index is 2.63. The topological polar surface area (TPSA) is 9.86 Å². The number of rotatable bonds is 0. The van der Waals surface area contributed by atoms with Gasteiger partial charge in [-0.25, -0.2) is 0 Å². The molecule has 11 rings (SSSR count). The van der Waals surface area contributed by atoms with Crippen molar-refractivity contribution in [3.05, 3.63) is 126 Å². The Morgan fingerprint density at radius 2 is 1.21 bits per heavy atom. The van der Waals surface area contributed by atoms with E-state index in [-0.39, 0.29) is 12.1 Å². The maximum Gasteiger partial charge on any atom is 0.252 e. The highest BCUT2D eigenvalue weighted by atomic mass is 15.0. The lowest BCUT2D eigenvalue weighted by Gasteiger charge is -2.34. The quantitative estimate of drug-likeness (QED) is 0.181. The Morgan fingerprint density at radius 3 is 2.05 bits per heavy atom. The molecule has 2 aliphatic heterocycles. The zero-order valence-corrected chi connectivity index (χ0v) is 23.4. The summed E-state index contributed by atoms with van der Waals surface area (Å²) < 4.78 is 5.17. The fourth-order valence-electron chi connectivity index (χ4n) is 9.06. The van der Waals surface area contributed by atoms with Gasteiger partial charge in [0.05, 0.1) is 16.6 Å². The van der Waals surface area contributed by atoms with Crippen molar-refractivity contribution in [2.24, 2.45) is 0 Å². The zero-order valence-electron chi connectivity index (χ0n) is 23.4. The van der Waals surface area contributed by atoms with Crippen molar-refractivity contribution >= 4 is 66.7 Å². The van der Waals surface area contributed by atoms with E-state index in [1.54, 1.807) is 0 Å². The molecule has 3 heteroatoms. The molecule has 0 radical (unpaired) electrons. The molecule has 0 spiro atoms. The molecule has 0 amide bonds. The van der Waals surface area contributed by atoms with Gasteiger partial charge in [-0.2, -0.15) is 0 Å². The molecule has 2 aromatic heterocycles. The van der Waals surface area contributed by atoms with Crippen LogP contribution in [0.3, 0.4) is 0 Å². The highest BCUT2D eigenvalue weighted by Gasteiger charge is 2.45. The summed E-state index contributed by atoms with van der Waals surface area (Å²) in [5, 5.41) is 5.33. The fourth-order valence-corrected chi connectivity index (χ4v) is 9.06. The number of hydrogen-bond acceptors (Lipinski definition) is 0. The number of aromatic nitrogens is 2. The second-order valence-electron chi connectivity index (χ2n) is 12.9. The molecule has 0 N–H and O–H groups in total. The third-order valence-corrected chi connectivity index (χ3v) is 10.7. The van der Waals surface area contributed by atoms with Crippen LogP contribution in [0.5, 0.6) is 0 Å². The highest BCUT2D eigenvalue weighted by Crippen LogP contribution is 2.52. The molecule has 0 saturated heterocycles. The minimum absolute atomic E-state index is 0.0514. The molecule has 4 heterocycles. The van der Waals surface area contributed by atoms with E-state index in [1.165, 1.54) is 93.6 Å². The van der Waals surface area contributed by atoms with Crippen molar-refractivity contribution < 1.29 is 0 Å². The van der Waals surface area contributed by atoms with Gasteiger partial charge in [-0.1, -0.05) is 111 Å². The van der Waals surface area contributed by atoms with E-state index >= 15 is 0 Å². The summed E-state index contributed by atoms with van der Waals surface area (Å²) in [5.41, 5.74) is 17.8.